The van der Waals surface area contributed by atoms with E-state index >= 15 is 0 Å². The van der Waals surface area contributed by atoms with E-state index in [9.17, 15) is 31.5 Å². The molecule has 3 aromatic carbocycles. The van der Waals surface area contributed by atoms with Crippen molar-refractivity contribution in [3.8, 4) is 11.1 Å². The van der Waals surface area contributed by atoms with Crippen LogP contribution in [0.25, 0.3) is 16.8 Å². The first-order valence-corrected chi connectivity index (χ1v) is 12.2. The first-order chi connectivity index (χ1) is 19.9. The SMILES string of the molecule is [2H]c1nc2ccc(-c3cc(NC(=O)c4cc(F)cc(C(F)(F)F)c4)c4c(c3)C(=O)NC4c3cc(F)ccc3Cl)cn2n1. The van der Waals surface area contributed by atoms with Gasteiger partial charge in [0.1, 0.15) is 19.3 Å². The van der Waals surface area contributed by atoms with Crippen molar-refractivity contribution in [2.75, 3.05) is 5.32 Å². The molecule has 3 heterocycles. The summed E-state index contributed by atoms with van der Waals surface area (Å²) in [6.45, 7) is 0. The minimum absolute atomic E-state index is 0.0196. The molecule has 2 amide bonds. The summed E-state index contributed by atoms with van der Waals surface area (Å²) in [5.41, 5.74) is -0.341. The largest absolute Gasteiger partial charge is 0.416 e. The Morgan fingerprint density at radius 3 is 2.61 bits per heavy atom. The quantitative estimate of drug-likeness (QED) is 0.238. The first-order valence-electron chi connectivity index (χ1n) is 12.3. The normalized spacial score (nSPS) is 15.0. The number of nitrogens with zero attached hydrogens (tertiary/aromatic N) is 3. The maximum absolute atomic E-state index is 14.2. The zero-order valence-electron chi connectivity index (χ0n) is 21.4. The van der Waals surface area contributed by atoms with Crippen molar-refractivity contribution >= 4 is 34.7 Å². The van der Waals surface area contributed by atoms with Gasteiger partial charge in [0.15, 0.2) is 5.65 Å². The molecular formula is C28H15ClF5N5O2. The van der Waals surface area contributed by atoms with Crippen LogP contribution in [-0.2, 0) is 6.18 Å². The Kier molecular flexibility index (Phi) is 5.93. The van der Waals surface area contributed by atoms with E-state index in [2.05, 4.69) is 20.7 Å². The fourth-order valence-corrected chi connectivity index (χ4v) is 4.92. The highest BCUT2D eigenvalue weighted by atomic mass is 35.5. The summed E-state index contributed by atoms with van der Waals surface area (Å²) in [5.74, 6) is -3.60. The van der Waals surface area contributed by atoms with Gasteiger partial charge < -0.3 is 10.6 Å². The molecule has 7 nitrogen and oxygen atoms in total. The maximum atomic E-state index is 14.2. The number of anilines is 1. The molecule has 41 heavy (non-hydrogen) atoms. The number of hydrogen-bond donors (Lipinski definition) is 2. The molecule has 6 rings (SSSR count). The van der Waals surface area contributed by atoms with Crippen molar-refractivity contribution in [1.29, 1.82) is 0 Å². The second kappa shape index (κ2) is 9.66. The van der Waals surface area contributed by atoms with Crippen LogP contribution in [-0.4, -0.2) is 26.4 Å². The molecule has 5 aromatic rings. The van der Waals surface area contributed by atoms with Gasteiger partial charge >= 0.3 is 6.18 Å². The number of hydrogen-bond acceptors (Lipinski definition) is 4. The molecule has 0 saturated heterocycles. The minimum Gasteiger partial charge on any atom is -0.341 e. The van der Waals surface area contributed by atoms with Crippen LogP contribution >= 0.6 is 11.6 Å². The van der Waals surface area contributed by atoms with Gasteiger partial charge in [-0.2, -0.15) is 18.3 Å². The topological polar surface area (TPSA) is 88.4 Å². The Morgan fingerprint density at radius 2 is 1.83 bits per heavy atom. The zero-order valence-corrected chi connectivity index (χ0v) is 21.1. The number of halogens is 6. The standard InChI is InChI=1S/C28H15ClF5N5O2/c29-21-3-2-17(30)10-19(21)25-24-20(27(41)38-25)7-14(13-1-4-23-35-12-36-39(23)11-13)8-22(24)37-26(40)15-5-16(28(32,33)34)9-18(31)6-15/h1-12,25H,(H,37,40)(H,38,41)/i12D. The molecule has 1 aliphatic rings. The lowest BCUT2D eigenvalue weighted by molar-refractivity contribution is -0.137. The van der Waals surface area contributed by atoms with E-state index < -0.39 is 46.8 Å². The summed E-state index contributed by atoms with van der Waals surface area (Å²) in [7, 11) is 0. The second-order valence-corrected chi connectivity index (χ2v) is 9.58. The Hall–Kier alpha value is -4.84. The van der Waals surface area contributed by atoms with Gasteiger partial charge in [0, 0.05) is 44.7 Å². The fraction of sp³-hybridized carbons (Fsp3) is 0.0714. The summed E-state index contributed by atoms with van der Waals surface area (Å²) in [4.78, 5) is 30.3. The van der Waals surface area contributed by atoms with Crippen molar-refractivity contribution in [2.45, 2.75) is 12.2 Å². The van der Waals surface area contributed by atoms with Gasteiger partial charge in [-0.05, 0) is 66.2 Å². The lowest BCUT2D eigenvalue weighted by Gasteiger charge is -2.19. The van der Waals surface area contributed by atoms with Crippen LogP contribution in [0.5, 0.6) is 0 Å². The van der Waals surface area contributed by atoms with Crippen molar-refractivity contribution < 1.29 is 32.9 Å². The third-order valence-corrected chi connectivity index (χ3v) is 6.90. The molecular weight excluding hydrogens is 569 g/mol. The predicted octanol–water partition coefficient (Wildman–Crippen LogP) is 6.43. The van der Waals surface area contributed by atoms with Crippen LogP contribution in [0, 0.1) is 11.6 Å². The maximum Gasteiger partial charge on any atom is 0.416 e. The smallest absolute Gasteiger partial charge is 0.341 e. The number of carbonyl (C=O) groups is 2. The predicted molar refractivity (Wildman–Crippen MR) is 138 cm³/mol. The molecule has 1 aliphatic heterocycles. The van der Waals surface area contributed by atoms with Gasteiger partial charge in [-0.15, -0.1) is 0 Å². The first kappa shape index (κ1) is 25.1. The summed E-state index contributed by atoms with van der Waals surface area (Å²) in [6, 6.07) is 10.1. The monoisotopic (exact) mass is 584 g/mol. The second-order valence-electron chi connectivity index (χ2n) is 9.17. The van der Waals surface area contributed by atoms with Crippen molar-refractivity contribution in [2.24, 2.45) is 0 Å². The Balaban J connectivity index is 1.51. The van der Waals surface area contributed by atoms with E-state index in [0.29, 0.717) is 28.9 Å². The van der Waals surface area contributed by atoms with E-state index in [1.807, 2.05) is 0 Å². The molecule has 13 heteroatoms. The molecule has 0 radical (unpaired) electrons. The van der Waals surface area contributed by atoms with Gasteiger partial charge in [-0.1, -0.05) is 11.6 Å². The van der Waals surface area contributed by atoms with Gasteiger partial charge in [0.25, 0.3) is 11.8 Å². The van der Waals surface area contributed by atoms with E-state index in [0.717, 1.165) is 12.1 Å². The number of amides is 2. The molecule has 0 saturated carbocycles. The number of carbonyl (C=O) groups excluding carboxylic acids is 2. The number of fused-ring (bicyclic) bond motifs is 2. The highest BCUT2D eigenvalue weighted by Gasteiger charge is 2.36. The third kappa shape index (κ3) is 4.86. The third-order valence-electron chi connectivity index (χ3n) is 6.55. The number of rotatable bonds is 4. The molecule has 2 N–H and O–H groups in total. The molecule has 0 spiro atoms. The minimum atomic E-state index is -4.91. The fourth-order valence-electron chi connectivity index (χ4n) is 4.69. The van der Waals surface area contributed by atoms with Gasteiger partial charge in [0.05, 0.1) is 11.6 Å². The van der Waals surface area contributed by atoms with E-state index in [-0.39, 0.29) is 39.8 Å². The Labute approximate surface area is 234 Å². The summed E-state index contributed by atoms with van der Waals surface area (Å²) >= 11 is 6.32. The van der Waals surface area contributed by atoms with Gasteiger partial charge in [0.2, 0.25) is 0 Å². The zero-order chi connectivity index (χ0) is 29.9. The van der Waals surface area contributed by atoms with E-state index in [4.69, 9.17) is 13.0 Å². The molecule has 0 aliphatic carbocycles. The van der Waals surface area contributed by atoms with E-state index in [1.54, 1.807) is 12.1 Å². The molecule has 0 fully saturated rings. The number of aromatic nitrogens is 3. The van der Waals surface area contributed by atoms with Gasteiger partial charge in [-0.25, -0.2) is 18.3 Å². The molecule has 206 valence electrons. The highest BCUT2D eigenvalue weighted by Crippen LogP contribution is 2.42. The lowest BCUT2D eigenvalue weighted by atomic mass is 9.93. The number of benzene rings is 3. The van der Waals surface area contributed by atoms with Crippen LogP contribution in [0.3, 0.4) is 0 Å². The summed E-state index contributed by atoms with van der Waals surface area (Å²) in [5, 5.41) is 9.27. The van der Waals surface area contributed by atoms with Crippen molar-refractivity contribution in [3.05, 3.63) is 118 Å². The van der Waals surface area contributed by atoms with Crippen LogP contribution in [0.15, 0.2) is 73.2 Å². The van der Waals surface area contributed by atoms with Crippen LogP contribution in [0.2, 0.25) is 5.02 Å². The number of alkyl halides is 3. The van der Waals surface area contributed by atoms with Crippen LogP contribution < -0.4 is 10.6 Å². The summed E-state index contributed by atoms with van der Waals surface area (Å²) in [6.07, 6.45) is -3.60. The lowest BCUT2D eigenvalue weighted by Crippen LogP contribution is -2.21. The van der Waals surface area contributed by atoms with E-state index in [1.165, 1.54) is 28.9 Å². The van der Waals surface area contributed by atoms with Crippen molar-refractivity contribution in [3.63, 3.8) is 0 Å². The van der Waals surface area contributed by atoms with Gasteiger partial charge in [-0.3, -0.25) is 9.59 Å². The Bertz CT molecular complexity index is 1940. The molecule has 1 unspecified atom stereocenters. The molecule has 0 bridgehead atoms. The average molecular weight is 585 g/mol. The molecule has 1 atom stereocenters. The summed E-state index contributed by atoms with van der Waals surface area (Å²) < 4.78 is 77.2. The highest BCUT2D eigenvalue weighted by molar-refractivity contribution is 6.31. The van der Waals surface area contributed by atoms with Crippen LogP contribution in [0.1, 0.15) is 44.8 Å². The average Bonchev–Trinajstić information content (AvgIpc) is 3.47. The Morgan fingerprint density at radius 1 is 1.02 bits per heavy atom. The molecule has 2 aromatic heterocycles. The van der Waals surface area contributed by atoms with Crippen LogP contribution in [0.4, 0.5) is 27.6 Å². The number of pyridine rings is 1. The number of nitrogens with one attached hydrogen (secondary N) is 2. The van der Waals surface area contributed by atoms with Crippen molar-refractivity contribution in [1.82, 2.24) is 19.9 Å².